The van der Waals surface area contributed by atoms with Crippen molar-refractivity contribution >= 4 is 5.82 Å². The van der Waals surface area contributed by atoms with Crippen LogP contribution in [-0.4, -0.2) is 19.1 Å². The Hall–Kier alpha value is -2.23. The number of hydrogen-bond donors (Lipinski definition) is 1. The lowest BCUT2D eigenvalue weighted by Gasteiger charge is -2.13. The molecule has 1 aromatic heterocycles. The zero-order valence-corrected chi connectivity index (χ0v) is 12.1. The lowest BCUT2D eigenvalue weighted by molar-refractivity contribution is 0.284. The van der Waals surface area contributed by atoms with E-state index in [1.807, 2.05) is 31.3 Å². The third-order valence-corrected chi connectivity index (χ3v) is 3.15. The highest BCUT2D eigenvalue weighted by Crippen LogP contribution is 2.29. The monoisotopic (exact) mass is 272 g/mol. The van der Waals surface area contributed by atoms with Gasteiger partial charge in [0.15, 0.2) is 11.5 Å². The van der Waals surface area contributed by atoms with Gasteiger partial charge < -0.3 is 14.8 Å². The molecule has 0 spiro atoms. The van der Waals surface area contributed by atoms with Gasteiger partial charge in [-0.15, -0.1) is 0 Å². The van der Waals surface area contributed by atoms with E-state index < -0.39 is 0 Å². The van der Waals surface area contributed by atoms with Crippen LogP contribution < -0.4 is 14.8 Å². The van der Waals surface area contributed by atoms with Crippen molar-refractivity contribution in [1.82, 2.24) is 4.98 Å². The molecule has 4 nitrogen and oxygen atoms in total. The van der Waals surface area contributed by atoms with Crippen LogP contribution in [0.3, 0.4) is 0 Å². The van der Waals surface area contributed by atoms with Crippen LogP contribution in [-0.2, 0) is 13.0 Å². The van der Waals surface area contributed by atoms with Crippen LogP contribution in [0.15, 0.2) is 36.5 Å². The van der Waals surface area contributed by atoms with Gasteiger partial charge >= 0.3 is 0 Å². The molecule has 0 saturated carbocycles. The summed E-state index contributed by atoms with van der Waals surface area (Å²) < 4.78 is 11.2. The first-order chi connectivity index (χ1) is 9.78. The molecule has 0 aliphatic rings. The number of nitrogens with one attached hydrogen (secondary N) is 1. The van der Waals surface area contributed by atoms with Crippen molar-refractivity contribution in [3.8, 4) is 11.5 Å². The Kier molecular flexibility index (Phi) is 4.82. The van der Waals surface area contributed by atoms with Gasteiger partial charge in [0, 0.05) is 18.8 Å². The maximum absolute atomic E-state index is 5.85. The lowest BCUT2D eigenvalue weighted by Crippen LogP contribution is -2.03. The SMILES string of the molecule is CCc1ccc(OCc2cccnc2NC)c(OC)c1. The van der Waals surface area contributed by atoms with Crippen LogP contribution in [0.5, 0.6) is 11.5 Å². The quantitative estimate of drug-likeness (QED) is 0.876. The maximum Gasteiger partial charge on any atom is 0.161 e. The molecule has 0 aliphatic heterocycles. The van der Waals surface area contributed by atoms with Crippen molar-refractivity contribution in [3.05, 3.63) is 47.7 Å². The number of aryl methyl sites for hydroxylation is 1. The molecule has 0 saturated heterocycles. The molecule has 2 aromatic rings. The Labute approximate surface area is 119 Å². The second-order valence-electron chi connectivity index (χ2n) is 4.39. The minimum Gasteiger partial charge on any atom is -0.493 e. The zero-order chi connectivity index (χ0) is 14.4. The standard InChI is InChI=1S/C16H20N2O2/c1-4-12-7-8-14(15(10-12)19-3)20-11-13-6-5-9-18-16(13)17-2/h5-10H,4,11H2,1-3H3,(H,17,18). The van der Waals surface area contributed by atoms with Crippen LogP contribution in [0, 0.1) is 0 Å². The van der Waals surface area contributed by atoms with Gasteiger partial charge in [-0.1, -0.05) is 19.1 Å². The summed E-state index contributed by atoms with van der Waals surface area (Å²) in [6.45, 7) is 2.57. The van der Waals surface area contributed by atoms with Gasteiger partial charge in [-0.3, -0.25) is 0 Å². The van der Waals surface area contributed by atoms with Gasteiger partial charge in [-0.05, 0) is 30.2 Å². The molecule has 1 aromatic carbocycles. The number of hydrogen-bond acceptors (Lipinski definition) is 4. The second-order valence-corrected chi connectivity index (χ2v) is 4.39. The lowest BCUT2D eigenvalue weighted by atomic mass is 10.1. The van der Waals surface area contributed by atoms with E-state index in [4.69, 9.17) is 9.47 Å². The van der Waals surface area contributed by atoms with Crippen molar-refractivity contribution in [2.75, 3.05) is 19.5 Å². The molecule has 20 heavy (non-hydrogen) atoms. The topological polar surface area (TPSA) is 43.4 Å². The van der Waals surface area contributed by atoms with Crippen LogP contribution in [0.1, 0.15) is 18.1 Å². The summed E-state index contributed by atoms with van der Waals surface area (Å²) >= 11 is 0. The number of anilines is 1. The van der Waals surface area contributed by atoms with Crippen molar-refractivity contribution in [3.63, 3.8) is 0 Å². The molecular weight excluding hydrogens is 252 g/mol. The summed E-state index contributed by atoms with van der Waals surface area (Å²) in [6, 6.07) is 9.91. The normalized spacial score (nSPS) is 10.2. The number of benzene rings is 1. The molecule has 0 amide bonds. The van der Waals surface area contributed by atoms with Crippen molar-refractivity contribution < 1.29 is 9.47 Å². The van der Waals surface area contributed by atoms with E-state index in [1.165, 1.54) is 5.56 Å². The first-order valence-corrected chi connectivity index (χ1v) is 6.69. The van der Waals surface area contributed by atoms with Gasteiger partial charge in [0.1, 0.15) is 12.4 Å². The third-order valence-electron chi connectivity index (χ3n) is 3.15. The summed E-state index contributed by atoms with van der Waals surface area (Å²) in [6.07, 6.45) is 2.73. The summed E-state index contributed by atoms with van der Waals surface area (Å²) in [5, 5.41) is 3.06. The molecule has 0 atom stereocenters. The molecule has 106 valence electrons. The van der Waals surface area contributed by atoms with E-state index in [2.05, 4.69) is 23.3 Å². The molecule has 0 bridgehead atoms. The Morgan fingerprint density at radius 3 is 2.75 bits per heavy atom. The van der Waals surface area contributed by atoms with Crippen molar-refractivity contribution in [1.29, 1.82) is 0 Å². The highest BCUT2D eigenvalue weighted by molar-refractivity contribution is 5.45. The van der Waals surface area contributed by atoms with Crippen LogP contribution >= 0.6 is 0 Å². The Bertz CT molecular complexity index is 570. The average molecular weight is 272 g/mol. The van der Waals surface area contributed by atoms with Gasteiger partial charge in [0.2, 0.25) is 0 Å². The second kappa shape index (κ2) is 6.80. The predicted octanol–water partition coefficient (Wildman–Crippen LogP) is 3.27. The molecule has 2 rings (SSSR count). The fourth-order valence-electron chi connectivity index (χ4n) is 1.99. The van der Waals surface area contributed by atoms with Crippen LogP contribution in [0.25, 0.3) is 0 Å². The number of ether oxygens (including phenoxy) is 2. The Morgan fingerprint density at radius 2 is 2.05 bits per heavy atom. The number of nitrogens with zero attached hydrogens (tertiary/aromatic N) is 1. The largest absolute Gasteiger partial charge is 0.493 e. The fourth-order valence-corrected chi connectivity index (χ4v) is 1.99. The summed E-state index contributed by atoms with van der Waals surface area (Å²) in [7, 11) is 3.51. The number of pyridine rings is 1. The Balaban J connectivity index is 2.14. The van der Waals surface area contributed by atoms with Crippen LogP contribution in [0.4, 0.5) is 5.82 Å². The number of methoxy groups -OCH3 is 1. The molecular formula is C16H20N2O2. The highest BCUT2D eigenvalue weighted by atomic mass is 16.5. The van der Waals surface area contributed by atoms with E-state index in [1.54, 1.807) is 13.3 Å². The van der Waals surface area contributed by atoms with Crippen LogP contribution in [0.2, 0.25) is 0 Å². The first kappa shape index (κ1) is 14.2. The molecule has 1 heterocycles. The summed E-state index contributed by atoms with van der Waals surface area (Å²) in [5.74, 6) is 2.34. The maximum atomic E-state index is 5.85. The van der Waals surface area contributed by atoms with Gasteiger partial charge in [0.05, 0.1) is 7.11 Å². The molecule has 0 unspecified atom stereocenters. The van der Waals surface area contributed by atoms with E-state index >= 15 is 0 Å². The van der Waals surface area contributed by atoms with Gasteiger partial charge in [0.25, 0.3) is 0 Å². The summed E-state index contributed by atoms with van der Waals surface area (Å²) in [4.78, 5) is 4.26. The number of rotatable bonds is 6. The fraction of sp³-hybridized carbons (Fsp3) is 0.312. The third kappa shape index (κ3) is 3.20. The highest BCUT2D eigenvalue weighted by Gasteiger charge is 2.07. The van der Waals surface area contributed by atoms with E-state index in [9.17, 15) is 0 Å². The van der Waals surface area contributed by atoms with Gasteiger partial charge in [-0.25, -0.2) is 4.98 Å². The van der Waals surface area contributed by atoms with E-state index in [0.717, 1.165) is 29.3 Å². The van der Waals surface area contributed by atoms with Crippen molar-refractivity contribution in [2.45, 2.75) is 20.0 Å². The smallest absolute Gasteiger partial charge is 0.161 e. The minimum absolute atomic E-state index is 0.450. The van der Waals surface area contributed by atoms with Gasteiger partial charge in [-0.2, -0.15) is 0 Å². The minimum atomic E-state index is 0.450. The first-order valence-electron chi connectivity index (χ1n) is 6.69. The van der Waals surface area contributed by atoms with E-state index in [0.29, 0.717) is 6.61 Å². The number of aromatic nitrogens is 1. The molecule has 1 N–H and O–H groups in total. The predicted molar refractivity (Wildman–Crippen MR) is 80.5 cm³/mol. The molecule has 0 aliphatic carbocycles. The average Bonchev–Trinajstić information content (AvgIpc) is 2.52. The summed E-state index contributed by atoms with van der Waals surface area (Å²) in [5.41, 5.74) is 2.24. The zero-order valence-electron chi connectivity index (χ0n) is 12.1. The molecule has 0 fully saturated rings. The molecule has 0 radical (unpaired) electrons. The molecule has 4 heteroatoms. The van der Waals surface area contributed by atoms with Crippen molar-refractivity contribution in [2.24, 2.45) is 0 Å². The Morgan fingerprint density at radius 1 is 1.20 bits per heavy atom. The van der Waals surface area contributed by atoms with E-state index in [-0.39, 0.29) is 0 Å².